The summed E-state index contributed by atoms with van der Waals surface area (Å²) in [7, 11) is 14.2. The molecule has 2 aromatic rings. The third kappa shape index (κ3) is 4.61. The van der Waals surface area contributed by atoms with Crippen molar-refractivity contribution in [1.29, 1.82) is 0 Å². The number of carbonyl (C=O) groups excluding carboxylic acids is 1. The van der Waals surface area contributed by atoms with E-state index in [9.17, 15) is 17.6 Å². The molecule has 2 heterocycles. The molecule has 1 aromatic heterocycles. The molecule has 1 aliphatic heterocycles. The number of hydrogen-bond acceptors (Lipinski definition) is 6. The van der Waals surface area contributed by atoms with Crippen molar-refractivity contribution >= 4 is 51.1 Å². The predicted molar refractivity (Wildman–Crippen MR) is 118 cm³/mol. The normalized spacial score (nSPS) is 20.7. The number of rotatable bonds is 4. The van der Waals surface area contributed by atoms with Gasteiger partial charge in [-0.3, -0.25) is 9.78 Å². The monoisotopic (exact) mass is 435 g/mol. The lowest BCUT2D eigenvalue weighted by Crippen LogP contribution is -2.50. The average molecular weight is 435 g/mol. The number of nitrogens with zero attached hydrogens (tertiary/aromatic N) is 3. The van der Waals surface area contributed by atoms with Crippen molar-refractivity contribution < 1.29 is 17.6 Å². The lowest BCUT2D eigenvalue weighted by Gasteiger charge is -2.34. The molecule has 1 amide bonds. The smallest absolute Gasteiger partial charge is 0.274 e. The van der Waals surface area contributed by atoms with Crippen LogP contribution in [0, 0.1) is 5.82 Å². The van der Waals surface area contributed by atoms with E-state index in [1.807, 2.05) is 0 Å². The molecule has 1 aromatic carbocycles. The Morgan fingerprint density at radius 3 is 2.52 bits per heavy atom. The minimum absolute atomic E-state index is 0.0348. The zero-order chi connectivity index (χ0) is 23.2. The van der Waals surface area contributed by atoms with Gasteiger partial charge in [0.25, 0.3) is 5.91 Å². The molecule has 0 bridgehead atoms. The van der Waals surface area contributed by atoms with E-state index in [4.69, 9.17) is 29.3 Å². The molecule has 3 N–H and O–H groups in total. The van der Waals surface area contributed by atoms with E-state index < -0.39 is 38.2 Å². The zero-order valence-corrected chi connectivity index (χ0v) is 17.6. The molecule has 1 atom stereocenters. The van der Waals surface area contributed by atoms with Crippen LogP contribution in [0.5, 0.6) is 0 Å². The molecule has 0 spiro atoms. The number of guanidine groups is 1. The Morgan fingerprint density at radius 2 is 1.97 bits per heavy atom. The number of halogens is 1. The van der Waals surface area contributed by atoms with Gasteiger partial charge in [0.05, 0.1) is 29.3 Å². The number of amides is 1. The highest BCUT2D eigenvalue weighted by Gasteiger charge is 2.41. The number of sulfonamides is 1. The van der Waals surface area contributed by atoms with Crippen LogP contribution in [0.15, 0.2) is 41.5 Å². The number of nitrogens with two attached hydrogens (primary N) is 1. The lowest BCUT2D eigenvalue weighted by molar-refractivity contribution is 0.102. The summed E-state index contributed by atoms with van der Waals surface area (Å²) in [4.78, 5) is 20.7. The van der Waals surface area contributed by atoms with Crippen LogP contribution in [-0.4, -0.2) is 65.9 Å². The number of pyridine rings is 1. The van der Waals surface area contributed by atoms with Crippen molar-refractivity contribution in [3.8, 4) is 0 Å². The van der Waals surface area contributed by atoms with Crippen LogP contribution in [0.25, 0.3) is 0 Å². The van der Waals surface area contributed by atoms with Gasteiger partial charge in [-0.15, -0.1) is 5.11 Å². The van der Waals surface area contributed by atoms with Crippen molar-refractivity contribution in [2.24, 2.45) is 10.7 Å². The number of aromatic nitrogens is 1. The summed E-state index contributed by atoms with van der Waals surface area (Å²) in [5.41, 5.74) is 4.78. The maximum atomic E-state index is 14.6. The quantitative estimate of drug-likeness (QED) is 0.651. The molecule has 3 rings (SSSR count). The topological polar surface area (TPSA) is 118 Å². The fourth-order valence-corrected chi connectivity index (χ4v) is 4.53. The van der Waals surface area contributed by atoms with Crippen molar-refractivity contribution in [2.75, 3.05) is 18.1 Å². The Hall–Kier alpha value is -2.82. The number of anilines is 1. The molecular weight excluding hydrogens is 418 g/mol. The molecule has 1 aliphatic rings. The molecule has 0 saturated carbocycles. The fraction of sp³-hybridized carbons (Fsp3) is 0.278. The van der Waals surface area contributed by atoms with Crippen LogP contribution in [-0.2, 0) is 20.7 Å². The second-order valence-electron chi connectivity index (χ2n) is 7.48. The van der Waals surface area contributed by atoms with Gasteiger partial charge >= 0.3 is 0 Å². The molecule has 8 nitrogen and oxygen atoms in total. The summed E-state index contributed by atoms with van der Waals surface area (Å²) in [6, 6.07) is 6.58. The van der Waals surface area contributed by atoms with Gasteiger partial charge in [-0.2, -0.15) is 0 Å². The average Bonchev–Trinajstić information content (AvgIpc) is 2.66. The fourth-order valence-electron chi connectivity index (χ4n) is 3.08. The van der Waals surface area contributed by atoms with Crippen molar-refractivity contribution in [1.82, 2.24) is 9.29 Å². The Kier molecular flexibility index (Phi) is 5.68. The van der Waals surface area contributed by atoms with Crippen LogP contribution >= 0.6 is 0 Å². The van der Waals surface area contributed by atoms with Gasteiger partial charge in [0.15, 0.2) is 0 Å². The molecule has 13 heteroatoms. The largest absolute Gasteiger partial charge is 0.369 e. The molecular formula is C18H17B3FN5O3S. The minimum atomic E-state index is -3.80. The van der Waals surface area contributed by atoms with Crippen molar-refractivity contribution in [3.63, 3.8) is 0 Å². The van der Waals surface area contributed by atoms with E-state index >= 15 is 0 Å². The van der Waals surface area contributed by atoms with Crippen LogP contribution < -0.4 is 11.1 Å². The second-order valence-corrected chi connectivity index (χ2v) is 9.48. The standard InChI is InChI=1S/C18H17B3FN5O3S/c1-17(9-31(29,30)27(2)16(23)26-17)12-7-11(4-5-13(12)22)25-15(28)14-6-3-10(8-24-14)18(19,20)21/h3-8H,9H2,1-2H3,(H2,23,26)(H,25,28)/t17-/m0/s1. The molecule has 154 valence electrons. The molecule has 0 saturated heterocycles. The number of carbonyl (C=O) groups is 1. The summed E-state index contributed by atoms with van der Waals surface area (Å²) in [5.74, 6) is -2.04. The summed E-state index contributed by atoms with van der Waals surface area (Å²) in [5, 5.41) is 0.982. The third-order valence-corrected chi connectivity index (χ3v) is 6.81. The molecule has 0 fully saturated rings. The SMILES string of the molecule is [B]C([B])([B])c1ccc(C(=O)Nc2ccc(F)c([C@]3(C)CS(=O)(=O)N(C)C(N)=N3)c2)nc1. The van der Waals surface area contributed by atoms with Crippen molar-refractivity contribution in [2.45, 2.75) is 17.6 Å². The first-order valence-corrected chi connectivity index (χ1v) is 10.6. The molecule has 6 radical (unpaired) electrons. The molecule has 0 aliphatic carbocycles. The maximum absolute atomic E-state index is 14.6. The summed E-state index contributed by atoms with van der Waals surface area (Å²) in [6.45, 7) is 1.45. The van der Waals surface area contributed by atoms with Gasteiger partial charge < -0.3 is 11.1 Å². The second kappa shape index (κ2) is 7.70. The van der Waals surface area contributed by atoms with Gasteiger partial charge in [-0.05, 0) is 36.8 Å². The first-order chi connectivity index (χ1) is 14.2. The third-order valence-electron chi connectivity index (χ3n) is 4.87. The van der Waals surface area contributed by atoms with Crippen LogP contribution in [0.2, 0.25) is 0 Å². The van der Waals surface area contributed by atoms with Crippen LogP contribution in [0.1, 0.15) is 28.5 Å². The van der Waals surface area contributed by atoms with E-state index in [0.717, 1.165) is 10.4 Å². The number of hydrogen-bond donors (Lipinski definition) is 2. The van der Waals surface area contributed by atoms with E-state index in [2.05, 4.69) is 15.3 Å². The highest BCUT2D eigenvalue weighted by atomic mass is 32.2. The maximum Gasteiger partial charge on any atom is 0.274 e. The van der Waals surface area contributed by atoms with Crippen LogP contribution in [0.3, 0.4) is 0 Å². The predicted octanol–water partition coefficient (Wildman–Crippen LogP) is -0.106. The summed E-state index contributed by atoms with van der Waals surface area (Å²) < 4.78 is 40.2. The summed E-state index contributed by atoms with van der Waals surface area (Å²) in [6.07, 6.45) is 1.27. The Balaban J connectivity index is 1.91. The van der Waals surface area contributed by atoms with E-state index in [1.165, 1.54) is 44.4 Å². The van der Waals surface area contributed by atoms with Gasteiger partial charge in [0.2, 0.25) is 16.0 Å². The number of benzene rings is 1. The first kappa shape index (κ1) is 22.9. The zero-order valence-electron chi connectivity index (χ0n) is 16.8. The van der Waals surface area contributed by atoms with Gasteiger partial charge in [0, 0.05) is 24.5 Å². The number of nitrogens with one attached hydrogen (secondary N) is 1. The molecule has 31 heavy (non-hydrogen) atoms. The Morgan fingerprint density at radius 1 is 1.29 bits per heavy atom. The Bertz CT molecular complexity index is 1170. The highest BCUT2D eigenvalue weighted by molar-refractivity contribution is 7.89. The summed E-state index contributed by atoms with van der Waals surface area (Å²) >= 11 is 0. The van der Waals surface area contributed by atoms with Gasteiger partial charge in [-0.1, -0.05) is 6.07 Å². The van der Waals surface area contributed by atoms with Crippen molar-refractivity contribution in [3.05, 3.63) is 59.2 Å². The Labute approximate surface area is 183 Å². The van der Waals surface area contributed by atoms with E-state index in [-0.39, 0.29) is 22.9 Å². The van der Waals surface area contributed by atoms with E-state index in [1.54, 1.807) is 0 Å². The minimum Gasteiger partial charge on any atom is -0.369 e. The van der Waals surface area contributed by atoms with Gasteiger partial charge in [0.1, 0.15) is 17.1 Å². The first-order valence-electron chi connectivity index (χ1n) is 8.99. The van der Waals surface area contributed by atoms with Gasteiger partial charge in [-0.25, -0.2) is 22.1 Å². The van der Waals surface area contributed by atoms with Crippen LogP contribution in [0.4, 0.5) is 10.1 Å². The lowest BCUT2D eigenvalue weighted by atomic mass is 9.40. The number of aliphatic imine (C=N–C) groups is 1. The highest BCUT2D eigenvalue weighted by Crippen LogP contribution is 2.34. The molecule has 0 unspecified atom stereocenters. The van der Waals surface area contributed by atoms with E-state index in [0.29, 0.717) is 5.56 Å².